The molecule has 142 valence electrons. The Kier molecular flexibility index (Phi) is 4.74. The van der Waals surface area contributed by atoms with Crippen LogP contribution in [0.3, 0.4) is 0 Å². The van der Waals surface area contributed by atoms with E-state index in [0.717, 1.165) is 11.3 Å². The first kappa shape index (κ1) is 18.1. The van der Waals surface area contributed by atoms with E-state index >= 15 is 0 Å². The minimum Gasteiger partial charge on any atom is -0.494 e. The smallest absolute Gasteiger partial charge is 0.262 e. The van der Waals surface area contributed by atoms with Crippen LogP contribution in [0, 0.1) is 0 Å². The first-order valence-corrected chi connectivity index (χ1v) is 9.60. The van der Waals surface area contributed by atoms with Crippen molar-refractivity contribution < 1.29 is 14.3 Å². The molecule has 0 fully saturated rings. The maximum atomic E-state index is 12.4. The molecule has 1 aliphatic heterocycles. The van der Waals surface area contributed by atoms with Crippen molar-refractivity contribution in [3.8, 4) is 17.1 Å². The van der Waals surface area contributed by atoms with Crippen molar-refractivity contribution in [3.63, 3.8) is 0 Å². The van der Waals surface area contributed by atoms with Gasteiger partial charge < -0.3 is 10.6 Å². The molecular formula is C19H17N5O3S. The fourth-order valence-electron chi connectivity index (χ4n) is 2.92. The van der Waals surface area contributed by atoms with E-state index in [9.17, 15) is 9.59 Å². The molecule has 2 aromatic carbocycles. The summed E-state index contributed by atoms with van der Waals surface area (Å²) in [7, 11) is 0. The van der Waals surface area contributed by atoms with Crippen LogP contribution in [0.25, 0.3) is 11.4 Å². The van der Waals surface area contributed by atoms with E-state index < -0.39 is 0 Å². The molecule has 8 nitrogen and oxygen atoms in total. The van der Waals surface area contributed by atoms with Crippen molar-refractivity contribution in [2.75, 3.05) is 18.3 Å². The van der Waals surface area contributed by atoms with Crippen LogP contribution in [0.4, 0.5) is 0 Å². The van der Waals surface area contributed by atoms with Crippen molar-refractivity contribution >= 4 is 23.6 Å². The molecule has 2 heterocycles. The number of carbonyl (C=O) groups is 2. The molecule has 9 heteroatoms. The minimum atomic E-state index is -0.317. The molecule has 4 rings (SSSR count). The zero-order valence-electron chi connectivity index (χ0n) is 15.0. The maximum absolute atomic E-state index is 12.4. The van der Waals surface area contributed by atoms with Gasteiger partial charge in [-0.1, -0.05) is 23.9 Å². The Morgan fingerprint density at radius 2 is 1.64 bits per heavy atom. The number of carbonyl (C=O) groups excluding carboxylic acids is 2. The summed E-state index contributed by atoms with van der Waals surface area (Å²) in [6.07, 6.45) is 0. The van der Waals surface area contributed by atoms with Gasteiger partial charge in [0.2, 0.25) is 5.16 Å². The summed E-state index contributed by atoms with van der Waals surface area (Å²) in [5.41, 5.74) is 1.61. The average Bonchev–Trinajstić information content (AvgIpc) is 3.19. The van der Waals surface area contributed by atoms with Gasteiger partial charge in [0.1, 0.15) is 5.75 Å². The molecule has 28 heavy (non-hydrogen) atoms. The zero-order valence-corrected chi connectivity index (χ0v) is 15.8. The fourth-order valence-corrected chi connectivity index (χ4v) is 3.72. The molecule has 0 spiro atoms. The van der Waals surface area contributed by atoms with Crippen LogP contribution in [0.5, 0.6) is 5.75 Å². The standard InChI is InChI=1S/C19H17N5O3S/c1-2-27-13-9-7-12(8-10-13)16-21-22-19(24(16)20)28-11-23-17(25)14-5-3-4-6-15(14)18(23)26/h3-10H,2,11,20H2,1H3. The highest BCUT2D eigenvalue weighted by Crippen LogP contribution is 2.28. The SMILES string of the molecule is CCOc1ccc(-c2nnc(SCN3C(=O)c4ccccc4C3=O)n2N)cc1. The van der Waals surface area contributed by atoms with Gasteiger partial charge in [0.05, 0.1) is 23.6 Å². The zero-order chi connectivity index (χ0) is 19.7. The first-order chi connectivity index (χ1) is 13.6. The minimum absolute atomic E-state index is 0.102. The van der Waals surface area contributed by atoms with Crippen LogP contribution in [0.15, 0.2) is 53.7 Å². The van der Waals surface area contributed by atoms with E-state index in [1.165, 1.54) is 21.3 Å². The third-order valence-electron chi connectivity index (χ3n) is 4.29. The average molecular weight is 395 g/mol. The molecule has 1 aliphatic rings. The largest absolute Gasteiger partial charge is 0.494 e. The lowest BCUT2D eigenvalue weighted by atomic mass is 10.1. The van der Waals surface area contributed by atoms with Crippen LogP contribution < -0.4 is 10.6 Å². The summed E-state index contributed by atoms with van der Waals surface area (Å²) in [6, 6.07) is 14.1. The first-order valence-electron chi connectivity index (χ1n) is 8.62. The number of aromatic nitrogens is 3. The van der Waals surface area contributed by atoms with Gasteiger partial charge in [-0.25, -0.2) is 4.68 Å². The van der Waals surface area contributed by atoms with Crippen molar-refractivity contribution in [1.29, 1.82) is 0 Å². The summed E-state index contributed by atoms with van der Waals surface area (Å²) < 4.78 is 6.77. The Balaban J connectivity index is 1.48. The summed E-state index contributed by atoms with van der Waals surface area (Å²) in [5.74, 6) is 6.83. The molecule has 2 N–H and O–H groups in total. The third-order valence-corrected chi connectivity index (χ3v) is 5.21. The molecule has 0 saturated heterocycles. The van der Waals surface area contributed by atoms with Gasteiger partial charge in [-0.05, 0) is 43.3 Å². The van der Waals surface area contributed by atoms with Gasteiger partial charge in [0, 0.05) is 5.56 Å². The Bertz CT molecular complexity index is 1010. The number of hydrogen-bond donors (Lipinski definition) is 1. The molecule has 1 aromatic heterocycles. The predicted molar refractivity (Wildman–Crippen MR) is 104 cm³/mol. The van der Waals surface area contributed by atoms with E-state index in [0.29, 0.717) is 28.7 Å². The maximum Gasteiger partial charge on any atom is 0.262 e. The Morgan fingerprint density at radius 1 is 1.00 bits per heavy atom. The monoisotopic (exact) mass is 395 g/mol. The van der Waals surface area contributed by atoms with Gasteiger partial charge in [0.25, 0.3) is 11.8 Å². The third kappa shape index (κ3) is 3.09. The number of nitrogen functional groups attached to an aromatic ring is 1. The lowest BCUT2D eigenvalue weighted by molar-refractivity contribution is 0.0684. The number of nitrogens with two attached hydrogens (primary N) is 1. The molecule has 0 radical (unpaired) electrons. The normalized spacial score (nSPS) is 13.1. The Hall–Kier alpha value is -3.33. The van der Waals surface area contributed by atoms with Crippen molar-refractivity contribution in [2.45, 2.75) is 12.1 Å². The second-order valence-corrected chi connectivity index (χ2v) is 6.90. The van der Waals surface area contributed by atoms with Crippen LogP contribution in [0.2, 0.25) is 0 Å². The summed E-state index contributed by atoms with van der Waals surface area (Å²) >= 11 is 1.17. The number of fused-ring (bicyclic) bond motifs is 1. The Labute approximate surface area is 165 Å². The van der Waals surface area contributed by atoms with Crippen LogP contribution in [-0.4, -0.2) is 44.1 Å². The topological polar surface area (TPSA) is 103 Å². The summed E-state index contributed by atoms with van der Waals surface area (Å²) in [6.45, 7) is 2.51. The molecule has 0 bridgehead atoms. The van der Waals surface area contributed by atoms with Crippen molar-refractivity contribution in [2.24, 2.45) is 0 Å². The number of imide groups is 1. The van der Waals surface area contributed by atoms with E-state index in [1.807, 2.05) is 31.2 Å². The van der Waals surface area contributed by atoms with Gasteiger partial charge in [-0.2, -0.15) is 0 Å². The Morgan fingerprint density at radius 3 is 2.25 bits per heavy atom. The number of benzene rings is 2. The predicted octanol–water partition coefficient (Wildman–Crippen LogP) is 2.40. The van der Waals surface area contributed by atoms with Gasteiger partial charge >= 0.3 is 0 Å². The molecule has 0 atom stereocenters. The number of rotatable bonds is 6. The van der Waals surface area contributed by atoms with Gasteiger partial charge in [-0.3, -0.25) is 14.5 Å². The quantitative estimate of drug-likeness (QED) is 0.388. The number of nitrogens with zero attached hydrogens (tertiary/aromatic N) is 4. The van der Waals surface area contributed by atoms with Crippen molar-refractivity contribution in [1.82, 2.24) is 19.8 Å². The molecule has 0 saturated carbocycles. The lowest BCUT2D eigenvalue weighted by Gasteiger charge is -2.12. The highest BCUT2D eigenvalue weighted by Gasteiger charge is 2.35. The summed E-state index contributed by atoms with van der Waals surface area (Å²) in [5, 5.41) is 8.61. The highest BCUT2D eigenvalue weighted by atomic mass is 32.2. The van der Waals surface area contributed by atoms with Gasteiger partial charge in [-0.15, -0.1) is 10.2 Å². The molecule has 0 unspecified atom stereocenters. The van der Waals surface area contributed by atoms with E-state index in [1.54, 1.807) is 24.3 Å². The van der Waals surface area contributed by atoms with Crippen LogP contribution in [0.1, 0.15) is 27.6 Å². The van der Waals surface area contributed by atoms with Gasteiger partial charge in [0.15, 0.2) is 5.82 Å². The van der Waals surface area contributed by atoms with E-state index in [4.69, 9.17) is 10.6 Å². The lowest BCUT2D eigenvalue weighted by Crippen LogP contribution is -2.29. The second-order valence-electron chi connectivity index (χ2n) is 5.99. The number of thioether (sulfide) groups is 1. The van der Waals surface area contributed by atoms with Crippen molar-refractivity contribution in [3.05, 3.63) is 59.7 Å². The summed E-state index contributed by atoms with van der Waals surface area (Å²) in [4.78, 5) is 26.0. The molecule has 2 amide bonds. The van der Waals surface area contributed by atoms with Crippen LogP contribution >= 0.6 is 11.8 Å². The van der Waals surface area contributed by atoms with E-state index in [2.05, 4.69) is 10.2 Å². The number of amides is 2. The second kappa shape index (κ2) is 7.35. The molecule has 0 aliphatic carbocycles. The highest BCUT2D eigenvalue weighted by molar-refractivity contribution is 7.99. The molecular weight excluding hydrogens is 378 g/mol. The van der Waals surface area contributed by atoms with E-state index in [-0.39, 0.29) is 17.7 Å². The fraction of sp³-hybridized carbons (Fsp3) is 0.158. The number of ether oxygens (including phenoxy) is 1. The molecule has 3 aromatic rings. The number of hydrogen-bond acceptors (Lipinski definition) is 7. The van der Waals surface area contributed by atoms with Crippen LogP contribution in [-0.2, 0) is 0 Å².